The maximum atomic E-state index is 11.6. The molecule has 136 valence electrons. The van der Waals surface area contributed by atoms with Crippen molar-refractivity contribution in [2.45, 2.75) is 52.8 Å². The first-order valence-corrected chi connectivity index (χ1v) is 9.90. The van der Waals surface area contributed by atoms with E-state index >= 15 is 0 Å². The third-order valence-electron chi connectivity index (χ3n) is 5.73. The summed E-state index contributed by atoms with van der Waals surface area (Å²) in [5.74, 6) is 0.200. The minimum atomic E-state index is -0.296. The van der Waals surface area contributed by atoms with E-state index in [2.05, 4.69) is 39.9 Å². The van der Waals surface area contributed by atoms with Crippen molar-refractivity contribution >= 4 is 23.4 Å². The number of ether oxygens (including phenoxy) is 1. The monoisotopic (exact) mass is 359 g/mol. The van der Waals surface area contributed by atoms with Crippen LogP contribution in [0.2, 0.25) is 0 Å². The lowest BCUT2D eigenvalue weighted by Crippen LogP contribution is -2.31. The zero-order valence-corrected chi connectivity index (χ0v) is 16.9. The molecule has 1 aromatic rings. The van der Waals surface area contributed by atoms with E-state index in [1.165, 1.54) is 20.0 Å². The number of carbonyl (C=O) groups is 1. The zero-order chi connectivity index (χ0) is 18.4. The van der Waals surface area contributed by atoms with E-state index in [0.29, 0.717) is 16.9 Å². The molecular weight excluding hydrogens is 330 g/mol. The van der Waals surface area contributed by atoms with E-state index in [1.807, 2.05) is 36.0 Å². The molecule has 1 N–H and O–H groups in total. The van der Waals surface area contributed by atoms with E-state index in [9.17, 15) is 4.79 Å². The molecule has 1 heterocycles. The van der Waals surface area contributed by atoms with Gasteiger partial charge in [0.25, 0.3) is 0 Å². The Hall–Kier alpha value is -1.42. The highest BCUT2D eigenvalue weighted by molar-refractivity contribution is 8.04. The summed E-state index contributed by atoms with van der Waals surface area (Å²) in [6.45, 7) is 11.9. The highest BCUT2D eigenvalue weighted by Gasteiger charge is 2.47. The van der Waals surface area contributed by atoms with Gasteiger partial charge in [0.2, 0.25) is 0 Å². The van der Waals surface area contributed by atoms with E-state index in [-0.39, 0.29) is 16.8 Å². The number of hydrogen-bond acceptors (Lipinski definition) is 4. The van der Waals surface area contributed by atoms with Crippen LogP contribution in [0.4, 0.5) is 5.69 Å². The Kier molecular flexibility index (Phi) is 4.69. The van der Waals surface area contributed by atoms with Crippen LogP contribution in [0.15, 0.2) is 34.7 Å². The fraction of sp³-hybridized carbons (Fsp3) is 0.571. The SMILES string of the molecule is COC(=O)c1ccc(NC2SC3=C(C2C)C(C)(C)CCC3(C)C)cc1. The van der Waals surface area contributed by atoms with Crippen LogP contribution in [0.1, 0.15) is 57.8 Å². The number of rotatable bonds is 3. The second kappa shape index (κ2) is 6.39. The summed E-state index contributed by atoms with van der Waals surface area (Å²) in [6.07, 6.45) is 2.50. The second-order valence-electron chi connectivity index (χ2n) is 8.55. The van der Waals surface area contributed by atoms with E-state index in [1.54, 1.807) is 10.5 Å². The number of hydrogen-bond donors (Lipinski definition) is 1. The van der Waals surface area contributed by atoms with Crippen LogP contribution in [-0.4, -0.2) is 18.5 Å². The largest absolute Gasteiger partial charge is 0.465 e. The second-order valence-corrected chi connectivity index (χ2v) is 9.70. The summed E-state index contributed by atoms with van der Waals surface area (Å²) >= 11 is 2.00. The standard InChI is InChI=1S/C21H29NO2S/c1-13-16-17(21(4,5)12-11-20(16,2)3)25-18(13)22-15-9-7-14(8-10-15)19(23)24-6/h7-10,13,18,22H,11-12H2,1-6H3. The van der Waals surface area contributed by atoms with Crippen LogP contribution in [0.25, 0.3) is 0 Å². The summed E-state index contributed by atoms with van der Waals surface area (Å²) in [4.78, 5) is 13.2. The molecule has 0 saturated heterocycles. The Labute approximate surface area is 155 Å². The van der Waals surface area contributed by atoms with Crippen molar-refractivity contribution in [3.63, 3.8) is 0 Å². The predicted octanol–water partition coefficient (Wildman–Crippen LogP) is 5.69. The molecule has 4 heteroatoms. The molecule has 0 fully saturated rings. The van der Waals surface area contributed by atoms with Gasteiger partial charge in [-0.25, -0.2) is 4.79 Å². The number of allylic oxidation sites excluding steroid dienone is 1. The molecule has 0 saturated carbocycles. The maximum absolute atomic E-state index is 11.6. The van der Waals surface area contributed by atoms with Crippen LogP contribution in [0.3, 0.4) is 0 Å². The fourth-order valence-electron chi connectivity index (χ4n) is 4.11. The molecule has 0 spiro atoms. The Morgan fingerprint density at radius 2 is 1.72 bits per heavy atom. The average Bonchev–Trinajstić information content (AvgIpc) is 2.91. The minimum Gasteiger partial charge on any atom is -0.465 e. The number of methoxy groups -OCH3 is 1. The Morgan fingerprint density at radius 1 is 1.12 bits per heavy atom. The predicted molar refractivity (Wildman–Crippen MR) is 106 cm³/mol. The lowest BCUT2D eigenvalue weighted by atomic mass is 9.64. The normalized spacial score (nSPS) is 27.0. The molecule has 1 aliphatic heterocycles. The molecule has 2 unspecified atom stereocenters. The molecule has 3 nitrogen and oxygen atoms in total. The molecule has 0 aromatic heterocycles. The summed E-state index contributed by atoms with van der Waals surface area (Å²) in [5, 5.41) is 4.01. The topological polar surface area (TPSA) is 38.3 Å². The molecule has 25 heavy (non-hydrogen) atoms. The highest BCUT2D eigenvalue weighted by atomic mass is 32.2. The van der Waals surface area contributed by atoms with Crippen molar-refractivity contribution in [2.24, 2.45) is 16.7 Å². The van der Waals surface area contributed by atoms with E-state index in [0.717, 1.165) is 5.69 Å². The van der Waals surface area contributed by atoms with Crippen molar-refractivity contribution in [3.8, 4) is 0 Å². The molecule has 0 radical (unpaired) electrons. The number of thioether (sulfide) groups is 1. The fourth-order valence-corrected chi connectivity index (χ4v) is 5.91. The summed E-state index contributed by atoms with van der Waals surface area (Å²) < 4.78 is 4.77. The van der Waals surface area contributed by atoms with Crippen molar-refractivity contribution in [2.75, 3.05) is 12.4 Å². The number of nitrogens with one attached hydrogen (secondary N) is 1. The van der Waals surface area contributed by atoms with Gasteiger partial charge in [-0.15, -0.1) is 11.8 Å². The first kappa shape index (κ1) is 18.4. The summed E-state index contributed by atoms with van der Waals surface area (Å²) in [7, 11) is 1.41. The van der Waals surface area contributed by atoms with Crippen LogP contribution in [0.5, 0.6) is 0 Å². The summed E-state index contributed by atoms with van der Waals surface area (Å²) in [5.41, 5.74) is 3.82. The first-order valence-electron chi connectivity index (χ1n) is 9.02. The number of esters is 1. The quantitative estimate of drug-likeness (QED) is 0.703. The van der Waals surface area contributed by atoms with Gasteiger partial charge in [-0.05, 0) is 58.4 Å². The van der Waals surface area contributed by atoms with E-state index in [4.69, 9.17) is 4.74 Å². The Bertz CT molecular complexity index is 703. The minimum absolute atomic E-state index is 0.273. The number of anilines is 1. The lowest BCUT2D eigenvalue weighted by molar-refractivity contribution is 0.0601. The summed E-state index contributed by atoms with van der Waals surface area (Å²) in [6, 6.07) is 7.57. The van der Waals surface area contributed by atoms with E-state index < -0.39 is 0 Å². The number of benzene rings is 1. The lowest BCUT2D eigenvalue weighted by Gasteiger charge is -2.41. The van der Waals surface area contributed by atoms with Crippen LogP contribution in [0, 0.1) is 16.7 Å². The van der Waals surface area contributed by atoms with Gasteiger partial charge in [0.05, 0.1) is 18.0 Å². The van der Waals surface area contributed by atoms with Gasteiger partial charge in [-0.2, -0.15) is 0 Å². The molecule has 2 aliphatic rings. The van der Waals surface area contributed by atoms with Crippen LogP contribution < -0.4 is 5.32 Å². The molecule has 0 amide bonds. The Morgan fingerprint density at radius 3 is 2.28 bits per heavy atom. The van der Waals surface area contributed by atoms with Crippen molar-refractivity contribution < 1.29 is 9.53 Å². The zero-order valence-electron chi connectivity index (χ0n) is 16.1. The van der Waals surface area contributed by atoms with Gasteiger partial charge in [-0.1, -0.05) is 34.6 Å². The smallest absolute Gasteiger partial charge is 0.337 e. The van der Waals surface area contributed by atoms with Gasteiger partial charge >= 0.3 is 5.97 Å². The average molecular weight is 360 g/mol. The molecule has 3 rings (SSSR count). The van der Waals surface area contributed by atoms with Crippen molar-refractivity contribution in [3.05, 3.63) is 40.3 Å². The van der Waals surface area contributed by atoms with Gasteiger partial charge in [0.1, 0.15) is 0 Å². The van der Waals surface area contributed by atoms with Gasteiger partial charge in [0.15, 0.2) is 0 Å². The van der Waals surface area contributed by atoms with Crippen molar-refractivity contribution in [1.82, 2.24) is 0 Å². The first-order chi connectivity index (χ1) is 11.7. The Balaban J connectivity index is 1.79. The van der Waals surface area contributed by atoms with Crippen LogP contribution in [-0.2, 0) is 4.74 Å². The van der Waals surface area contributed by atoms with Gasteiger partial charge < -0.3 is 10.1 Å². The van der Waals surface area contributed by atoms with Crippen molar-refractivity contribution in [1.29, 1.82) is 0 Å². The third kappa shape index (κ3) is 3.33. The highest BCUT2D eigenvalue weighted by Crippen LogP contribution is 2.61. The third-order valence-corrected chi connectivity index (χ3v) is 7.52. The molecule has 0 bridgehead atoms. The van der Waals surface area contributed by atoms with Gasteiger partial charge in [0, 0.05) is 11.6 Å². The molecule has 1 aliphatic carbocycles. The number of carbonyl (C=O) groups excluding carboxylic acids is 1. The van der Waals surface area contributed by atoms with Crippen LogP contribution >= 0.6 is 11.8 Å². The maximum Gasteiger partial charge on any atom is 0.337 e. The molecule has 2 atom stereocenters. The van der Waals surface area contributed by atoms with Gasteiger partial charge in [-0.3, -0.25) is 0 Å². The molecule has 1 aromatic carbocycles. The molecular formula is C21H29NO2S.